The lowest BCUT2D eigenvalue weighted by Gasteiger charge is -2.14. The molecule has 0 spiro atoms. The van der Waals surface area contributed by atoms with E-state index in [-0.39, 0.29) is 33.8 Å². The predicted molar refractivity (Wildman–Crippen MR) is 86.4 cm³/mol. The number of imide groups is 1. The highest BCUT2D eigenvalue weighted by Gasteiger charge is 2.37. The number of alkyl halides is 6. The second-order valence-corrected chi connectivity index (χ2v) is 6.00. The number of ether oxygens (including phenoxy) is 1. The first-order chi connectivity index (χ1) is 12.8. The molecule has 0 aliphatic heterocycles. The molecule has 0 radical (unpaired) electrons. The average molecular weight is 446 g/mol. The Balaban J connectivity index is 2.27. The van der Waals surface area contributed by atoms with Gasteiger partial charge in [-0.25, -0.2) is 4.79 Å². The molecule has 0 bridgehead atoms. The van der Waals surface area contributed by atoms with Crippen LogP contribution in [0.5, 0.6) is 5.75 Å². The van der Waals surface area contributed by atoms with Crippen LogP contribution < -0.4 is 10.1 Å². The third-order valence-corrected chi connectivity index (χ3v) is 3.81. The van der Waals surface area contributed by atoms with E-state index in [1.54, 1.807) is 5.32 Å². The van der Waals surface area contributed by atoms with Crippen LogP contribution in [-0.4, -0.2) is 12.0 Å². The van der Waals surface area contributed by atoms with Gasteiger partial charge in [-0.15, -0.1) is 0 Å². The Morgan fingerprint density at radius 2 is 1.32 bits per heavy atom. The molecule has 0 aromatic heterocycles. The lowest BCUT2D eigenvalue weighted by Crippen LogP contribution is -2.33. The summed E-state index contributed by atoms with van der Waals surface area (Å²) in [4.78, 5) is 23.7. The van der Waals surface area contributed by atoms with Gasteiger partial charge in [-0.1, -0.05) is 29.3 Å². The maximum Gasteiger partial charge on any atom is 0.419 e. The highest BCUT2D eigenvalue weighted by atomic mass is 35.5. The second kappa shape index (κ2) is 7.88. The van der Waals surface area contributed by atoms with Crippen molar-refractivity contribution in [1.82, 2.24) is 5.32 Å². The summed E-state index contributed by atoms with van der Waals surface area (Å²) in [5.41, 5.74) is -3.71. The highest BCUT2D eigenvalue weighted by Crippen LogP contribution is 2.38. The van der Waals surface area contributed by atoms with E-state index in [2.05, 4.69) is 4.74 Å². The number of amides is 2. The lowest BCUT2D eigenvalue weighted by molar-refractivity contribution is -0.143. The normalized spacial score (nSPS) is 11.9. The average Bonchev–Trinajstić information content (AvgIpc) is 2.52. The second-order valence-electron chi connectivity index (χ2n) is 5.18. The predicted octanol–water partition coefficient (Wildman–Crippen LogP) is 5.96. The van der Waals surface area contributed by atoms with Gasteiger partial charge in [0.1, 0.15) is 5.75 Å². The Hall–Kier alpha value is -2.46. The zero-order valence-corrected chi connectivity index (χ0v) is 14.7. The summed E-state index contributed by atoms with van der Waals surface area (Å²) in [7, 11) is 0. The number of rotatable bonds is 2. The summed E-state index contributed by atoms with van der Waals surface area (Å²) < 4.78 is 81.1. The van der Waals surface area contributed by atoms with E-state index in [1.165, 1.54) is 18.2 Å². The van der Waals surface area contributed by atoms with Crippen LogP contribution in [0.2, 0.25) is 10.0 Å². The van der Waals surface area contributed by atoms with Gasteiger partial charge in [0.25, 0.3) is 5.91 Å². The quantitative estimate of drug-likeness (QED) is 0.580. The highest BCUT2D eigenvalue weighted by molar-refractivity contribution is 6.40. The summed E-state index contributed by atoms with van der Waals surface area (Å²) in [6, 6.07) is 4.18. The van der Waals surface area contributed by atoms with Gasteiger partial charge < -0.3 is 4.74 Å². The summed E-state index contributed by atoms with van der Waals surface area (Å²) in [6.07, 6.45) is -11.9. The molecule has 2 aromatic rings. The Morgan fingerprint density at radius 3 is 1.75 bits per heavy atom. The minimum atomic E-state index is -5.13. The van der Waals surface area contributed by atoms with E-state index in [0.717, 1.165) is 0 Å². The van der Waals surface area contributed by atoms with Crippen LogP contribution >= 0.6 is 23.2 Å². The van der Waals surface area contributed by atoms with Crippen LogP contribution in [0.15, 0.2) is 36.4 Å². The fraction of sp³-hybridized carbons (Fsp3) is 0.125. The van der Waals surface area contributed by atoms with Gasteiger partial charge >= 0.3 is 18.4 Å². The SMILES string of the molecule is O=C(NC(=O)c1c(Cl)cccc1Cl)Oc1cc(C(F)(F)F)cc(C(F)(F)F)c1. The lowest BCUT2D eigenvalue weighted by atomic mass is 10.1. The molecule has 0 aliphatic rings. The van der Waals surface area contributed by atoms with Gasteiger partial charge in [-0.2, -0.15) is 26.3 Å². The number of carbonyl (C=O) groups is 2. The molecule has 0 atom stereocenters. The van der Waals surface area contributed by atoms with Crippen molar-refractivity contribution >= 4 is 35.2 Å². The molecule has 12 heteroatoms. The van der Waals surface area contributed by atoms with Crippen molar-refractivity contribution in [3.63, 3.8) is 0 Å². The van der Waals surface area contributed by atoms with E-state index < -0.39 is 41.2 Å². The molecule has 1 N–H and O–H groups in total. The minimum absolute atomic E-state index is 0.139. The molecule has 0 saturated heterocycles. The summed E-state index contributed by atoms with van der Waals surface area (Å²) in [5.74, 6) is -2.23. The molecule has 4 nitrogen and oxygen atoms in total. The summed E-state index contributed by atoms with van der Waals surface area (Å²) in [5, 5.41) is 1.33. The number of halogens is 8. The fourth-order valence-corrected chi connectivity index (χ4v) is 2.56. The van der Waals surface area contributed by atoms with Crippen molar-refractivity contribution in [3.05, 3.63) is 63.1 Å². The largest absolute Gasteiger partial charge is 0.419 e. The third kappa shape index (κ3) is 5.29. The van der Waals surface area contributed by atoms with E-state index >= 15 is 0 Å². The van der Waals surface area contributed by atoms with Crippen molar-refractivity contribution in [2.75, 3.05) is 0 Å². The molecule has 150 valence electrons. The molecule has 2 aromatic carbocycles. The minimum Gasteiger partial charge on any atom is -0.410 e. The standard InChI is InChI=1S/C16H7Cl2F6NO3/c17-10-2-1-3-11(18)12(10)13(26)25-14(27)28-9-5-7(15(19,20)21)4-8(6-9)16(22,23)24/h1-6H,(H,25,26,27). The van der Waals surface area contributed by atoms with Crippen LogP contribution in [-0.2, 0) is 12.4 Å². The van der Waals surface area contributed by atoms with Gasteiger partial charge in [-0.05, 0) is 30.3 Å². The van der Waals surface area contributed by atoms with Crippen LogP contribution in [0.25, 0.3) is 0 Å². The van der Waals surface area contributed by atoms with E-state index in [9.17, 15) is 35.9 Å². The van der Waals surface area contributed by atoms with Crippen LogP contribution in [0.4, 0.5) is 31.1 Å². The van der Waals surface area contributed by atoms with Crippen molar-refractivity contribution < 1.29 is 40.7 Å². The zero-order chi connectivity index (χ0) is 21.3. The van der Waals surface area contributed by atoms with Crippen LogP contribution in [0.1, 0.15) is 21.5 Å². The van der Waals surface area contributed by atoms with E-state index in [0.29, 0.717) is 0 Å². The van der Waals surface area contributed by atoms with Crippen molar-refractivity contribution in [2.24, 2.45) is 0 Å². The molecule has 2 rings (SSSR count). The molecule has 0 heterocycles. The molecule has 0 aliphatic carbocycles. The van der Waals surface area contributed by atoms with Gasteiger partial charge in [0, 0.05) is 0 Å². The fourth-order valence-electron chi connectivity index (χ4n) is 1.99. The van der Waals surface area contributed by atoms with Crippen molar-refractivity contribution in [3.8, 4) is 5.75 Å². The summed E-state index contributed by atoms with van der Waals surface area (Å²) in [6.45, 7) is 0. The Bertz CT molecular complexity index is 875. The molecule has 0 unspecified atom stereocenters. The first-order valence-corrected chi connectivity index (χ1v) is 7.81. The van der Waals surface area contributed by atoms with Gasteiger partial charge in [0.2, 0.25) is 0 Å². The maximum absolute atomic E-state index is 12.8. The Morgan fingerprint density at radius 1 is 0.857 bits per heavy atom. The number of nitrogens with one attached hydrogen (secondary N) is 1. The molecule has 2 amide bonds. The van der Waals surface area contributed by atoms with Crippen molar-refractivity contribution in [2.45, 2.75) is 12.4 Å². The Kier molecular flexibility index (Phi) is 6.15. The number of carbonyl (C=O) groups excluding carboxylic acids is 2. The van der Waals surface area contributed by atoms with Crippen LogP contribution in [0, 0.1) is 0 Å². The van der Waals surface area contributed by atoms with Crippen LogP contribution in [0.3, 0.4) is 0 Å². The zero-order valence-electron chi connectivity index (χ0n) is 13.2. The smallest absolute Gasteiger partial charge is 0.410 e. The van der Waals surface area contributed by atoms with Gasteiger partial charge in [0.05, 0.1) is 26.7 Å². The topological polar surface area (TPSA) is 55.4 Å². The molecule has 0 fully saturated rings. The monoisotopic (exact) mass is 445 g/mol. The van der Waals surface area contributed by atoms with E-state index in [4.69, 9.17) is 23.2 Å². The van der Waals surface area contributed by atoms with E-state index in [1.807, 2.05) is 0 Å². The number of benzene rings is 2. The molecular formula is C16H7Cl2F6NO3. The number of hydrogen-bond acceptors (Lipinski definition) is 3. The summed E-state index contributed by atoms with van der Waals surface area (Å²) >= 11 is 11.5. The Labute approximate surface area is 163 Å². The van der Waals surface area contributed by atoms with Crippen molar-refractivity contribution in [1.29, 1.82) is 0 Å². The molecular weight excluding hydrogens is 439 g/mol. The number of hydrogen-bond donors (Lipinski definition) is 1. The molecule has 0 saturated carbocycles. The first kappa shape index (κ1) is 21.8. The third-order valence-electron chi connectivity index (χ3n) is 3.18. The van der Waals surface area contributed by atoms with Gasteiger partial charge in [-0.3, -0.25) is 10.1 Å². The molecule has 28 heavy (non-hydrogen) atoms. The maximum atomic E-state index is 12.8. The first-order valence-electron chi connectivity index (χ1n) is 7.05. The van der Waals surface area contributed by atoms with Gasteiger partial charge in [0.15, 0.2) is 0 Å².